The fourth-order valence-corrected chi connectivity index (χ4v) is 3.75. The molecule has 7 nitrogen and oxygen atoms in total. The van der Waals surface area contributed by atoms with Crippen molar-refractivity contribution in [1.82, 2.24) is 4.72 Å². The minimum atomic E-state index is -3.76. The highest BCUT2D eigenvalue weighted by Crippen LogP contribution is 2.21. The standard InChI is InChI=1S/C12H10N2O5S2/c1-7-10(12(15)16)4-8(19-7)6-14-21(17,18)11-3-2-9(5-13)20-11/h2-4,14H,6H2,1H3,(H,15,16). The van der Waals surface area contributed by atoms with Crippen LogP contribution in [0.3, 0.4) is 0 Å². The van der Waals surface area contributed by atoms with Gasteiger partial charge in [-0.1, -0.05) is 0 Å². The molecule has 2 heterocycles. The third-order valence-electron chi connectivity index (χ3n) is 2.59. The van der Waals surface area contributed by atoms with Gasteiger partial charge in [-0.15, -0.1) is 11.3 Å². The van der Waals surface area contributed by atoms with Gasteiger partial charge in [0.15, 0.2) is 0 Å². The van der Waals surface area contributed by atoms with Gasteiger partial charge in [0, 0.05) is 0 Å². The predicted octanol–water partition coefficient (Wildman–Crippen LogP) is 1.70. The second-order valence-corrected chi connectivity index (χ2v) is 7.12. The van der Waals surface area contributed by atoms with Crippen molar-refractivity contribution >= 4 is 27.3 Å². The fraction of sp³-hybridized carbons (Fsp3) is 0.167. The highest BCUT2D eigenvalue weighted by Gasteiger charge is 2.19. The number of nitrogens with one attached hydrogen (secondary N) is 1. The Balaban J connectivity index is 2.14. The number of aryl methyl sites for hydroxylation is 1. The molecule has 0 aromatic carbocycles. The zero-order valence-electron chi connectivity index (χ0n) is 10.8. The van der Waals surface area contributed by atoms with Crippen molar-refractivity contribution in [3.8, 4) is 6.07 Å². The number of aromatic carboxylic acids is 1. The van der Waals surface area contributed by atoms with Gasteiger partial charge in [0.05, 0.1) is 6.54 Å². The molecule has 21 heavy (non-hydrogen) atoms. The van der Waals surface area contributed by atoms with E-state index in [-0.39, 0.29) is 32.7 Å². The maximum absolute atomic E-state index is 12.0. The van der Waals surface area contributed by atoms with Gasteiger partial charge in [-0.25, -0.2) is 17.9 Å². The lowest BCUT2D eigenvalue weighted by atomic mass is 10.2. The van der Waals surface area contributed by atoms with Crippen LogP contribution in [0.15, 0.2) is 26.8 Å². The zero-order chi connectivity index (χ0) is 15.6. The number of carboxylic acids is 1. The van der Waals surface area contributed by atoms with Gasteiger partial charge in [-0.05, 0) is 25.1 Å². The van der Waals surface area contributed by atoms with Gasteiger partial charge in [0.2, 0.25) is 0 Å². The summed E-state index contributed by atoms with van der Waals surface area (Å²) in [7, 11) is -3.76. The molecule has 0 saturated carbocycles. The van der Waals surface area contributed by atoms with Gasteiger partial charge in [-0.3, -0.25) is 0 Å². The van der Waals surface area contributed by atoms with E-state index in [0.29, 0.717) is 0 Å². The Morgan fingerprint density at radius 2 is 2.24 bits per heavy atom. The zero-order valence-corrected chi connectivity index (χ0v) is 12.4. The van der Waals surface area contributed by atoms with Crippen LogP contribution in [0.4, 0.5) is 0 Å². The topological polar surface area (TPSA) is 120 Å². The molecule has 0 aliphatic carbocycles. The Bertz CT molecular complexity index is 826. The molecule has 0 spiro atoms. The van der Waals surface area contributed by atoms with Crippen molar-refractivity contribution in [3.05, 3.63) is 40.2 Å². The first-order chi connectivity index (χ1) is 9.83. The van der Waals surface area contributed by atoms with E-state index in [1.54, 1.807) is 0 Å². The summed E-state index contributed by atoms with van der Waals surface area (Å²) in [6.07, 6.45) is 0. The second kappa shape index (κ2) is 5.69. The van der Waals surface area contributed by atoms with Crippen LogP contribution in [0.5, 0.6) is 0 Å². The van der Waals surface area contributed by atoms with Gasteiger partial charge < -0.3 is 9.52 Å². The lowest BCUT2D eigenvalue weighted by Crippen LogP contribution is -2.22. The molecule has 0 aliphatic heterocycles. The second-order valence-electron chi connectivity index (χ2n) is 4.04. The van der Waals surface area contributed by atoms with Crippen molar-refractivity contribution in [2.75, 3.05) is 0 Å². The van der Waals surface area contributed by atoms with Crippen molar-refractivity contribution < 1.29 is 22.7 Å². The normalized spacial score (nSPS) is 11.2. The number of nitrogens with zero attached hydrogens (tertiary/aromatic N) is 1. The predicted molar refractivity (Wildman–Crippen MR) is 73.5 cm³/mol. The van der Waals surface area contributed by atoms with E-state index in [9.17, 15) is 13.2 Å². The molecule has 110 valence electrons. The number of carbonyl (C=O) groups is 1. The molecule has 0 bridgehead atoms. The van der Waals surface area contributed by atoms with Gasteiger partial charge in [0.1, 0.15) is 32.2 Å². The molecule has 9 heteroatoms. The molecule has 0 radical (unpaired) electrons. The molecule has 0 atom stereocenters. The molecule has 0 aliphatic rings. The first-order valence-electron chi connectivity index (χ1n) is 5.65. The van der Waals surface area contributed by atoms with Crippen LogP contribution in [0.1, 0.15) is 26.8 Å². The van der Waals surface area contributed by atoms with Gasteiger partial charge in [0.25, 0.3) is 10.0 Å². The molecule has 2 rings (SSSR count). The summed E-state index contributed by atoms with van der Waals surface area (Å²) in [5.74, 6) is -0.729. The molecular formula is C12H10N2O5S2. The Morgan fingerprint density at radius 3 is 2.76 bits per heavy atom. The molecule has 0 saturated heterocycles. The number of furan rings is 1. The van der Waals surface area contributed by atoms with Crippen molar-refractivity contribution in [3.63, 3.8) is 0 Å². The van der Waals surface area contributed by atoms with Crippen LogP contribution in [0.2, 0.25) is 0 Å². The molecule has 2 aromatic heterocycles. The van der Waals surface area contributed by atoms with E-state index >= 15 is 0 Å². The summed E-state index contributed by atoms with van der Waals surface area (Å²) in [6, 6.07) is 5.88. The Hall–Kier alpha value is -2.15. The molecule has 2 aromatic rings. The fourth-order valence-electron chi connectivity index (χ4n) is 1.61. The van der Waals surface area contributed by atoms with Crippen LogP contribution in [-0.4, -0.2) is 19.5 Å². The molecule has 0 amide bonds. The lowest BCUT2D eigenvalue weighted by Gasteiger charge is -2.02. The summed E-state index contributed by atoms with van der Waals surface area (Å²) in [6.45, 7) is 1.32. The van der Waals surface area contributed by atoms with Crippen LogP contribution in [-0.2, 0) is 16.6 Å². The highest BCUT2D eigenvalue weighted by molar-refractivity contribution is 7.91. The maximum atomic E-state index is 12.0. The van der Waals surface area contributed by atoms with Crippen molar-refractivity contribution in [2.45, 2.75) is 17.7 Å². The SMILES string of the molecule is Cc1oc(CNS(=O)(=O)c2ccc(C#N)s2)cc1C(=O)O. The van der Waals surface area contributed by atoms with Gasteiger partial charge >= 0.3 is 5.97 Å². The average Bonchev–Trinajstić information content (AvgIpc) is 3.03. The number of sulfonamides is 1. The third kappa shape index (κ3) is 3.30. The van der Waals surface area contributed by atoms with Crippen molar-refractivity contribution in [2.24, 2.45) is 0 Å². The quantitative estimate of drug-likeness (QED) is 0.862. The number of hydrogen-bond donors (Lipinski definition) is 2. The minimum absolute atomic E-state index is 0.00733. The number of hydrogen-bond acceptors (Lipinski definition) is 6. The van der Waals surface area contributed by atoms with Crippen LogP contribution >= 0.6 is 11.3 Å². The van der Waals surface area contributed by atoms with Crippen LogP contribution < -0.4 is 4.72 Å². The molecule has 2 N–H and O–H groups in total. The average molecular weight is 326 g/mol. The van der Waals surface area contributed by atoms with E-state index in [0.717, 1.165) is 11.3 Å². The number of nitriles is 1. The first-order valence-corrected chi connectivity index (χ1v) is 7.95. The number of rotatable bonds is 5. The Kier molecular flexibility index (Phi) is 4.13. The Labute approximate surface area is 124 Å². The highest BCUT2D eigenvalue weighted by atomic mass is 32.2. The molecular weight excluding hydrogens is 316 g/mol. The summed E-state index contributed by atoms with van der Waals surface area (Å²) in [4.78, 5) is 11.2. The summed E-state index contributed by atoms with van der Waals surface area (Å²) < 4.78 is 31.5. The maximum Gasteiger partial charge on any atom is 0.339 e. The Morgan fingerprint density at radius 1 is 1.52 bits per heavy atom. The third-order valence-corrected chi connectivity index (χ3v) is 5.48. The van der Waals surface area contributed by atoms with E-state index in [1.165, 1.54) is 25.1 Å². The summed E-state index contributed by atoms with van der Waals surface area (Å²) >= 11 is 0.852. The summed E-state index contributed by atoms with van der Waals surface area (Å²) in [5.41, 5.74) is -0.00733. The van der Waals surface area contributed by atoms with Crippen molar-refractivity contribution in [1.29, 1.82) is 5.26 Å². The minimum Gasteiger partial charge on any atom is -0.478 e. The van der Waals surface area contributed by atoms with Gasteiger partial charge in [-0.2, -0.15) is 5.26 Å². The van der Waals surface area contributed by atoms with Crippen LogP contribution in [0.25, 0.3) is 0 Å². The number of thiophene rings is 1. The summed E-state index contributed by atoms with van der Waals surface area (Å²) in [5, 5.41) is 17.6. The molecule has 0 unspecified atom stereocenters. The number of carboxylic acid groups (broad SMARTS) is 1. The molecule has 0 fully saturated rings. The first kappa shape index (κ1) is 15.2. The smallest absolute Gasteiger partial charge is 0.339 e. The van der Waals surface area contributed by atoms with E-state index in [2.05, 4.69) is 4.72 Å². The van der Waals surface area contributed by atoms with E-state index in [4.69, 9.17) is 14.8 Å². The van der Waals surface area contributed by atoms with E-state index < -0.39 is 16.0 Å². The lowest BCUT2D eigenvalue weighted by molar-refractivity contribution is 0.0695. The van der Waals surface area contributed by atoms with E-state index in [1.807, 2.05) is 6.07 Å². The van der Waals surface area contributed by atoms with Crippen LogP contribution in [0, 0.1) is 18.3 Å². The largest absolute Gasteiger partial charge is 0.478 e. The monoisotopic (exact) mass is 326 g/mol.